The van der Waals surface area contributed by atoms with Crippen molar-refractivity contribution in [3.8, 4) is 0 Å². The van der Waals surface area contributed by atoms with Gasteiger partial charge in [0.2, 0.25) is 0 Å². The van der Waals surface area contributed by atoms with Gasteiger partial charge in [0.05, 0.1) is 37.2 Å². The lowest BCUT2D eigenvalue weighted by atomic mass is 9.83. The number of halogens is 1. The quantitative estimate of drug-likeness (QED) is 0.673. The second-order valence-electron chi connectivity index (χ2n) is 4.69. The van der Waals surface area contributed by atoms with Gasteiger partial charge in [-0.05, 0) is 13.3 Å². The van der Waals surface area contributed by atoms with Crippen molar-refractivity contribution in [1.82, 2.24) is 9.78 Å². The van der Waals surface area contributed by atoms with E-state index in [1.165, 1.54) is 6.20 Å². The van der Waals surface area contributed by atoms with Crippen LogP contribution in [0.4, 0.5) is 5.69 Å². The molecule has 3 atom stereocenters. The van der Waals surface area contributed by atoms with Crippen LogP contribution in [0.5, 0.6) is 0 Å². The number of hydrogen-bond donors (Lipinski definition) is 3. The second-order valence-corrected chi connectivity index (χ2v) is 5.07. The Labute approximate surface area is 121 Å². The monoisotopic (exact) mass is 302 g/mol. The number of aliphatic hydroxyl groups is 1. The fourth-order valence-electron chi connectivity index (χ4n) is 2.23. The van der Waals surface area contributed by atoms with E-state index in [-0.39, 0.29) is 36.4 Å². The number of nitrogens with zero attached hydrogens (tertiary/aromatic N) is 2. The Kier molecular flexibility index (Phi) is 4.98. The van der Waals surface area contributed by atoms with E-state index in [2.05, 4.69) is 10.4 Å². The van der Waals surface area contributed by atoms with Crippen LogP contribution in [0.3, 0.4) is 0 Å². The van der Waals surface area contributed by atoms with E-state index in [0.717, 1.165) is 11.1 Å². The summed E-state index contributed by atoms with van der Waals surface area (Å²) >= 11 is 6.03. The maximum atomic E-state index is 11.9. The first-order valence-electron chi connectivity index (χ1n) is 6.58. The molecule has 4 N–H and O–H groups in total. The number of aromatic nitrogens is 2. The van der Waals surface area contributed by atoms with Crippen molar-refractivity contribution < 1.29 is 9.84 Å². The number of nitrogens with one attached hydrogen (secondary N) is 1. The summed E-state index contributed by atoms with van der Waals surface area (Å²) in [5.41, 5.74) is 5.94. The number of ether oxygens (including phenoxy) is 1. The van der Waals surface area contributed by atoms with Crippen LogP contribution in [0.1, 0.15) is 13.3 Å². The number of aliphatic hydroxyl groups excluding tert-OH is 1. The zero-order valence-corrected chi connectivity index (χ0v) is 12.0. The molecule has 1 aliphatic rings. The highest BCUT2D eigenvalue weighted by Gasteiger charge is 2.39. The van der Waals surface area contributed by atoms with Gasteiger partial charge in [-0.1, -0.05) is 11.6 Å². The summed E-state index contributed by atoms with van der Waals surface area (Å²) in [5, 5.41) is 16.0. The summed E-state index contributed by atoms with van der Waals surface area (Å²) < 4.78 is 6.66. The van der Waals surface area contributed by atoms with E-state index >= 15 is 0 Å². The smallest absolute Gasteiger partial charge is 0.287 e. The molecule has 1 aromatic rings. The van der Waals surface area contributed by atoms with Crippen LogP contribution in [-0.4, -0.2) is 46.3 Å². The van der Waals surface area contributed by atoms with Gasteiger partial charge in [-0.2, -0.15) is 5.10 Å². The molecule has 1 aliphatic carbocycles. The highest BCUT2D eigenvalue weighted by atomic mass is 35.5. The summed E-state index contributed by atoms with van der Waals surface area (Å²) in [4.78, 5) is 11.9. The summed E-state index contributed by atoms with van der Waals surface area (Å²) in [7, 11) is 0. The highest BCUT2D eigenvalue weighted by molar-refractivity contribution is 6.32. The summed E-state index contributed by atoms with van der Waals surface area (Å²) in [6.45, 7) is 2.48. The molecule has 2 rings (SSSR count). The first-order chi connectivity index (χ1) is 9.58. The van der Waals surface area contributed by atoms with Crippen molar-refractivity contribution >= 4 is 17.3 Å². The Morgan fingerprint density at radius 1 is 1.70 bits per heavy atom. The van der Waals surface area contributed by atoms with E-state index < -0.39 is 5.56 Å². The Bertz CT molecular complexity index is 520. The summed E-state index contributed by atoms with van der Waals surface area (Å²) in [5.74, 6) is 0. The van der Waals surface area contributed by atoms with Gasteiger partial charge in [-0.3, -0.25) is 4.79 Å². The first-order valence-corrected chi connectivity index (χ1v) is 6.96. The highest BCUT2D eigenvalue weighted by Crippen LogP contribution is 2.27. The zero-order chi connectivity index (χ0) is 14.7. The minimum absolute atomic E-state index is 0.0194. The predicted octanol–water partition coefficient (Wildman–Crippen LogP) is -0.194. The molecule has 1 fully saturated rings. The molecule has 7 nitrogen and oxygen atoms in total. The topological polar surface area (TPSA) is 102 Å². The van der Waals surface area contributed by atoms with Crippen LogP contribution in [0.15, 0.2) is 11.0 Å². The van der Waals surface area contributed by atoms with Crippen LogP contribution in [0.25, 0.3) is 0 Å². The maximum Gasteiger partial charge on any atom is 0.287 e. The molecular formula is C12H19ClN4O3. The fraction of sp³-hybridized carbons (Fsp3) is 0.667. The number of nitrogens with two attached hydrogens (primary N) is 1. The van der Waals surface area contributed by atoms with Crippen molar-refractivity contribution in [2.75, 3.05) is 18.5 Å². The van der Waals surface area contributed by atoms with Crippen molar-refractivity contribution in [3.63, 3.8) is 0 Å². The molecule has 0 aromatic carbocycles. The molecule has 112 valence electrons. The lowest BCUT2D eigenvalue weighted by Gasteiger charge is -2.43. The standard InChI is InChI=1S/C12H19ClN4O3/c1-2-20-9-5-7(14)11(9)16-8-6-15-17(3-4-18)12(19)10(8)13/h6-7,9,11,16,18H,2-5,14H2,1H3. The third kappa shape index (κ3) is 2.95. The van der Waals surface area contributed by atoms with E-state index in [1.807, 2.05) is 6.92 Å². The minimum atomic E-state index is -0.438. The molecule has 0 saturated heterocycles. The van der Waals surface area contributed by atoms with Gasteiger partial charge in [0.15, 0.2) is 0 Å². The minimum Gasteiger partial charge on any atom is -0.394 e. The van der Waals surface area contributed by atoms with Gasteiger partial charge >= 0.3 is 0 Å². The van der Waals surface area contributed by atoms with Crippen LogP contribution < -0.4 is 16.6 Å². The second kappa shape index (κ2) is 6.53. The van der Waals surface area contributed by atoms with Gasteiger partial charge in [0.25, 0.3) is 5.56 Å². The lowest BCUT2D eigenvalue weighted by Crippen LogP contribution is -2.60. The molecule has 0 amide bonds. The summed E-state index contributed by atoms with van der Waals surface area (Å²) in [6.07, 6.45) is 2.26. The van der Waals surface area contributed by atoms with Crippen LogP contribution in [0, 0.1) is 0 Å². The molecule has 0 radical (unpaired) electrons. The number of hydrogen-bond acceptors (Lipinski definition) is 6. The van der Waals surface area contributed by atoms with E-state index in [9.17, 15) is 4.79 Å². The Balaban J connectivity index is 2.14. The van der Waals surface area contributed by atoms with E-state index in [4.69, 9.17) is 27.2 Å². The molecule has 8 heteroatoms. The first kappa shape index (κ1) is 15.2. The average Bonchev–Trinajstić information content (AvgIpc) is 2.43. The molecule has 1 aromatic heterocycles. The van der Waals surface area contributed by atoms with Crippen LogP contribution in [0.2, 0.25) is 5.02 Å². The molecule has 0 spiro atoms. The van der Waals surface area contributed by atoms with E-state index in [1.54, 1.807) is 0 Å². The van der Waals surface area contributed by atoms with Gasteiger partial charge in [-0.15, -0.1) is 0 Å². The zero-order valence-electron chi connectivity index (χ0n) is 11.3. The lowest BCUT2D eigenvalue weighted by molar-refractivity contribution is -0.0126. The molecule has 3 unspecified atom stereocenters. The van der Waals surface area contributed by atoms with Gasteiger partial charge in [0, 0.05) is 12.6 Å². The third-order valence-corrected chi connectivity index (χ3v) is 3.73. The number of rotatable bonds is 6. The molecule has 0 aliphatic heterocycles. The fourth-order valence-corrected chi connectivity index (χ4v) is 2.43. The molecule has 1 saturated carbocycles. The van der Waals surface area contributed by atoms with Gasteiger partial charge < -0.3 is 20.9 Å². The van der Waals surface area contributed by atoms with Crippen LogP contribution in [-0.2, 0) is 11.3 Å². The molecule has 1 heterocycles. The normalized spacial score (nSPS) is 25.3. The number of anilines is 1. The van der Waals surface area contributed by atoms with Gasteiger partial charge in [0.1, 0.15) is 5.02 Å². The SMILES string of the molecule is CCOC1CC(N)C1Nc1cnn(CCO)c(=O)c1Cl. The molecule has 0 bridgehead atoms. The maximum absolute atomic E-state index is 11.9. The van der Waals surface area contributed by atoms with Crippen molar-refractivity contribution in [2.45, 2.75) is 38.1 Å². The van der Waals surface area contributed by atoms with Gasteiger partial charge in [-0.25, -0.2) is 4.68 Å². The largest absolute Gasteiger partial charge is 0.394 e. The average molecular weight is 303 g/mol. The van der Waals surface area contributed by atoms with Crippen molar-refractivity contribution in [2.24, 2.45) is 5.73 Å². The van der Waals surface area contributed by atoms with Crippen LogP contribution >= 0.6 is 11.6 Å². The predicted molar refractivity (Wildman–Crippen MR) is 76.0 cm³/mol. The molecular weight excluding hydrogens is 284 g/mol. The van der Waals surface area contributed by atoms with Crippen molar-refractivity contribution in [1.29, 1.82) is 0 Å². The summed E-state index contributed by atoms with van der Waals surface area (Å²) in [6, 6.07) is -0.121. The Morgan fingerprint density at radius 2 is 2.45 bits per heavy atom. The Morgan fingerprint density at radius 3 is 3.05 bits per heavy atom. The third-order valence-electron chi connectivity index (χ3n) is 3.37. The molecule has 20 heavy (non-hydrogen) atoms. The van der Waals surface area contributed by atoms with E-state index in [0.29, 0.717) is 12.3 Å². The van der Waals surface area contributed by atoms with Crippen molar-refractivity contribution in [3.05, 3.63) is 21.6 Å². The Hall–Kier alpha value is -1.15.